The lowest BCUT2D eigenvalue weighted by Gasteiger charge is -2.48. The molecule has 19 nitrogen and oxygen atoms in total. The van der Waals surface area contributed by atoms with Crippen LogP contribution in [0.25, 0.3) is 0 Å². The highest BCUT2D eigenvalue weighted by atomic mass is 16.8. The summed E-state index contributed by atoms with van der Waals surface area (Å²) in [5.41, 5.74) is 0. The van der Waals surface area contributed by atoms with E-state index in [4.69, 9.17) is 28.4 Å². The molecule has 3 aliphatic rings. The Morgan fingerprint density at radius 3 is 1.23 bits per heavy atom. The Kier molecular flexibility index (Phi) is 47.3. The molecule has 17 unspecified atom stereocenters. The van der Waals surface area contributed by atoms with Crippen molar-refractivity contribution in [3.63, 3.8) is 0 Å². The number of aliphatic hydroxyl groups excluding tert-OH is 11. The van der Waals surface area contributed by atoms with Gasteiger partial charge in [-0.25, -0.2) is 0 Å². The molecule has 1 amide bonds. The van der Waals surface area contributed by atoms with Gasteiger partial charge in [0.25, 0.3) is 0 Å². The second kappa shape index (κ2) is 52.7. The summed E-state index contributed by atoms with van der Waals surface area (Å²) in [5, 5.41) is 120. The average Bonchev–Trinajstić information content (AvgIpc) is 0.878. The second-order valence-corrected chi connectivity index (χ2v) is 24.3. The Bertz CT molecular complexity index is 2070. The van der Waals surface area contributed by atoms with Gasteiger partial charge in [-0.1, -0.05) is 219 Å². The zero-order chi connectivity index (χ0) is 66.1. The molecule has 12 N–H and O–H groups in total. The first-order chi connectivity index (χ1) is 44.3. The molecule has 0 saturated carbocycles. The van der Waals surface area contributed by atoms with Crippen LogP contribution in [0, 0.1) is 0 Å². The number of allylic oxidation sites excluding steroid dienone is 17. The highest BCUT2D eigenvalue weighted by Crippen LogP contribution is 2.33. The summed E-state index contributed by atoms with van der Waals surface area (Å²) in [6.45, 7) is 1.32. The Morgan fingerprint density at radius 2 is 0.780 bits per heavy atom. The van der Waals surface area contributed by atoms with Crippen LogP contribution < -0.4 is 5.32 Å². The Morgan fingerprint density at radius 1 is 0.418 bits per heavy atom. The SMILES string of the molecule is C/C=C/CC/C=C/CC/C=C/C(O)C(COC1OC(CO)C(OC2OC(CO)C(OC3OC(CO)C(O)C(O)C3O)C(O)C2O)C(O)C1O)NC(=O)CCCCCCCCCCCCCCCCCCCC/C=C\C/C=C\C/C=C\C/C=C\C/C=C\C/C=C\CC. The molecule has 0 aromatic heterocycles. The van der Waals surface area contributed by atoms with Crippen molar-refractivity contribution in [3.8, 4) is 0 Å². The third-order valence-electron chi connectivity index (χ3n) is 16.6. The predicted molar refractivity (Wildman–Crippen MR) is 355 cm³/mol. The van der Waals surface area contributed by atoms with Crippen molar-refractivity contribution in [1.29, 1.82) is 0 Å². The fourth-order valence-electron chi connectivity index (χ4n) is 11.1. The normalized spacial score (nSPS) is 28.6. The molecule has 3 heterocycles. The standard InChI is InChI=1S/C72H121NO18/c1-3-5-7-9-11-13-14-15-16-17-18-19-20-21-22-23-24-25-26-27-28-29-30-31-32-33-34-35-36-37-38-39-40-42-44-46-48-50-60(78)73-55(56(77)49-47-45-43-41-12-10-8-6-4-2)54-86-70-66(84)63(81)68(58(52-75)88-70)91-72-67(85)64(82)69(59(53-76)89-72)90-71-65(83)62(80)61(79)57(51-74)87-71/h4-7,11-13,15-16,18-19,21-22,24-25,41,47,49,55-59,61-72,74-77,79-85H,3,8-10,14,17,20,23,26-40,42-46,48,50-54H2,1-2H3,(H,73,78)/b6-4+,7-5-,13-11-,16-15-,19-18-,22-21-,25-24-,41-12+,49-47+. The average molecular weight is 1290 g/mol. The van der Waals surface area contributed by atoms with Crippen LogP contribution in [0.5, 0.6) is 0 Å². The highest BCUT2D eigenvalue weighted by Gasteiger charge is 2.53. The number of aliphatic hydroxyl groups is 11. The van der Waals surface area contributed by atoms with Gasteiger partial charge in [0.2, 0.25) is 5.91 Å². The number of rotatable bonds is 51. The van der Waals surface area contributed by atoms with Gasteiger partial charge >= 0.3 is 0 Å². The van der Waals surface area contributed by atoms with Crippen molar-refractivity contribution in [2.24, 2.45) is 0 Å². The van der Waals surface area contributed by atoms with Crippen LogP contribution in [0.2, 0.25) is 0 Å². The summed E-state index contributed by atoms with van der Waals surface area (Å²) in [4.78, 5) is 13.3. The van der Waals surface area contributed by atoms with Crippen LogP contribution in [0.3, 0.4) is 0 Å². The molecule has 0 spiro atoms. The first kappa shape index (κ1) is 81.7. The van der Waals surface area contributed by atoms with E-state index in [1.54, 1.807) is 6.08 Å². The third kappa shape index (κ3) is 34.6. The lowest BCUT2D eigenvalue weighted by atomic mass is 9.96. The highest BCUT2D eigenvalue weighted by molar-refractivity contribution is 5.76. The molecule has 3 fully saturated rings. The molecule has 0 aliphatic carbocycles. The molecule has 3 saturated heterocycles. The summed E-state index contributed by atoms with van der Waals surface area (Å²) in [7, 11) is 0. The molecule has 0 radical (unpaired) electrons. The third-order valence-corrected chi connectivity index (χ3v) is 16.6. The monoisotopic (exact) mass is 1290 g/mol. The largest absolute Gasteiger partial charge is 0.394 e. The molecule has 91 heavy (non-hydrogen) atoms. The van der Waals surface area contributed by atoms with E-state index < -0.39 is 124 Å². The van der Waals surface area contributed by atoms with Gasteiger partial charge in [-0.3, -0.25) is 4.79 Å². The maximum atomic E-state index is 13.3. The second-order valence-electron chi connectivity index (χ2n) is 24.3. The van der Waals surface area contributed by atoms with Crippen molar-refractivity contribution in [1.82, 2.24) is 5.32 Å². The molecule has 0 aromatic rings. The minimum Gasteiger partial charge on any atom is -0.394 e. The first-order valence-corrected chi connectivity index (χ1v) is 34.6. The fourth-order valence-corrected chi connectivity index (χ4v) is 11.1. The van der Waals surface area contributed by atoms with Crippen LogP contribution >= 0.6 is 0 Å². The van der Waals surface area contributed by atoms with E-state index in [0.29, 0.717) is 12.8 Å². The number of hydrogen-bond acceptors (Lipinski definition) is 18. The van der Waals surface area contributed by atoms with Gasteiger partial charge in [-0.05, 0) is 90.4 Å². The van der Waals surface area contributed by atoms with Gasteiger partial charge in [0.05, 0.1) is 38.6 Å². The van der Waals surface area contributed by atoms with Crippen LogP contribution in [0.1, 0.15) is 206 Å². The van der Waals surface area contributed by atoms with E-state index in [0.717, 1.165) is 77.0 Å². The molecule has 3 aliphatic heterocycles. The minimum absolute atomic E-state index is 0.227. The van der Waals surface area contributed by atoms with E-state index in [1.165, 1.54) is 96.3 Å². The lowest BCUT2D eigenvalue weighted by molar-refractivity contribution is -0.379. The lowest BCUT2D eigenvalue weighted by Crippen LogP contribution is -2.66. The quantitative estimate of drug-likeness (QED) is 0.0200. The molecular weight excluding hydrogens is 1170 g/mol. The number of hydrogen-bond donors (Lipinski definition) is 12. The Hall–Kier alpha value is -3.55. The number of carbonyl (C=O) groups excluding carboxylic acids is 1. The molecule has 19 heteroatoms. The van der Waals surface area contributed by atoms with Crippen LogP contribution in [0.4, 0.5) is 0 Å². The summed E-state index contributed by atoms with van der Waals surface area (Å²) >= 11 is 0. The summed E-state index contributed by atoms with van der Waals surface area (Å²) in [6, 6.07) is -0.999. The van der Waals surface area contributed by atoms with Gasteiger partial charge in [0.15, 0.2) is 18.9 Å². The van der Waals surface area contributed by atoms with Gasteiger partial charge in [-0.2, -0.15) is 0 Å². The minimum atomic E-state index is -1.98. The van der Waals surface area contributed by atoms with E-state index >= 15 is 0 Å². The van der Waals surface area contributed by atoms with Crippen molar-refractivity contribution in [3.05, 3.63) is 109 Å². The van der Waals surface area contributed by atoms with Gasteiger partial charge in [-0.15, -0.1) is 0 Å². The zero-order valence-electron chi connectivity index (χ0n) is 55.0. The number of amides is 1. The number of carbonyl (C=O) groups is 1. The molecule has 522 valence electrons. The Labute approximate surface area is 545 Å². The smallest absolute Gasteiger partial charge is 0.220 e. The number of ether oxygens (including phenoxy) is 6. The zero-order valence-corrected chi connectivity index (χ0v) is 55.0. The van der Waals surface area contributed by atoms with Crippen LogP contribution in [0.15, 0.2) is 109 Å². The van der Waals surface area contributed by atoms with Gasteiger partial charge < -0.3 is 89.9 Å². The van der Waals surface area contributed by atoms with Crippen molar-refractivity contribution in [2.75, 3.05) is 26.4 Å². The molecule has 0 bridgehead atoms. The topological polar surface area (TPSA) is 307 Å². The summed E-state index contributed by atoms with van der Waals surface area (Å²) in [5.74, 6) is -0.296. The van der Waals surface area contributed by atoms with Crippen LogP contribution in [-0.2, 0) is 33.2 Å². The Balaban J connectivity index is 1.30. The number of nitrogens with one attached hydrogen (secondary N) is 1. The van der Waals surface area contributed by atoms with Gasteiger partial charge in [0, 0.05) is 6.42 Å². The fraction of sp³-hybridized carbons (Fsp3) is 0.736. The number of unbranched alkanes of at least 4 members (excludes halogenated alkanes) is 20. The maximum absolute atomic E-state index is 13.3. The maximum Gasteiger partial charge on any atom is 0.220 e. The van der Waals surface area contributed by atoms with Gasteiger partial charge in [0.1, 0.15) is 73.2 Å². The predicted octanol–water partition coefficient (Wildman–Crippen LogP) is 9.05. The van der Waals surface area contributed by atoms with Crippen molar-refractivity contribution in [2.45, 2.75) is 311 Å². The molecule has 17 atom stereocenters. The van der Waals surface area contributed by atoms with Crippen LogP contribution in [-0.4, -0.2) is 193 Å². The van der Waals surface area contributed by atoms with Crippen molar-refractivity contribution >= 4 is 5.91 Å². The van der Waals surface area contributed by atoms with E-state index in [-0.39, 0.29) is 18.9 Å². The van der Waals surface area contributed by atoms with E-state index in [1.807, 2.05) is 19.1 Å². The summed E-state index contributed by atoms with van der Waals surface area (Å²) < 4.78 is 34.2. The van der Waals surface area contributed by atoms with E-state index in [2.05, 4.69) is 103 Å². The molecule has 3 rings (SSSR count). The van der Waals surface area contributed by atoms with E-state index in [9.17, 15) is 61.0 Å². The summed E-state index contributed by atoms with van der Waals surface area (Å²) in [6.07, 6.45) is 44.3. The molecule has 0 aromatic carbocycles. The molecular formula is C72H121NO18. The first-order valence-electron chi connectivity index (χ1n) is 34.6. The van der Waals surface area contributed by atoms with Crippen molar-refractivity contribution < 1.29 is 89.4 Å².